The number of carbonyl (C=O) groups excluding carboxylic acids is 2. The van der Waals surface area contributed by atoms with Gasteiger partial charge in [-0.3, -0.25) is 24.1 Å². The lowest BCUT2D eigenvalue weighted by Gasteiger charge is -2.21. The molecule has 13 heteroatoms. The van der Waals surface area contributed by atoms with Crippen LogP contribution in [-0.4, -0.2) is 73.5 Å². The second-order valence-electron chi connectivity index (χ2n) is 12.7. The molecule has 2 aromatic carbocycles. The third-order valence-corrected chi connectivity index (χ3v) is 9.69. The van der Waals surface area contributed by atoms with E-state index in [1.807, 2.05) is 42.6 Å². The number of pyridine rings is 1. The van der Waals surface area contributed by atoms with Gasteiger partial charge in [-0.1, -0.05) is 35.9 Å². The van der Waals surface area contributed by atoms with Crippen LogP contribution >= 0.6 is 11.6 Å². The molecular weight excluding hydrogens is 634 g/mol. The van der Waals surface area contributed by atoms with E-state index in [9.17, 15) is 24.3 Å². The number of hydrogen-bond acceptors (Lipinski definition) is 7. The Hall–Kier alpha value is -4.78. The van der Waals surface area contributed by atoms with Gasteiger partial charge in [-0.25, -0.2) is 4.98 Å². The summed E-state index contributed by atoms with van der Waals surface area (Å²) in [6, 6.07) is 12.4. The molecule has 0 unspecified atom stereocenters. The van der Waals surface area contributed by atoms with Crippen LogP contribution in [0.25, 0.3) is 11.1 Å². The molecule has 0 bridgehead atoms. The maximum Gasteiger partial charge on any atom is 0.307 e. The number of aliphatic carboxylic acids is 1. The average Bonchev–Trinajstić information content (AvgIpc) is 3.65. The van der Waals surface area contributed by atoms with E-state index in [0.29, 0.717) is 60.4 Å². The third-order valence-electron chi connectivity index (χ3n) is 9.28. The minimum Gasteiger partial charge on any atom is -0.481 e. The molecule has 4 aromatic rings. The molecule has 1 fully saturated rings. The fraction of sp³-hybridized carbons (Fsp3) is 0.343. The lowest BCUT2D eigenvalue weighted by molar-refractivity contribution is -0.141. The van der Waals surface area contributed by atoms with Crippen molar-refractivity contribution >= 4 is 40.8 Å². The number of aryl methyl sites for hydroxylation is 1. The number of carboxylic acid groups (broad SMARTS) is 1. The molecule has 250 valence electrons. The molecule has 1 saturated heterocycles. The van der Waals surface area contributed by atoms with Gasteiger partial charge < -0.3 is 29.8 Å². The number of imidazole rings is 1. The monoisotopic (exact) mass is 671 g/mol. The minimum atomic E-state index is -0.816. The highest BCUT2D eigenvalue weighted by molar-refractivity contribution is 6.36. The number of halogens is 1. The first-order valence-electron chi connectivity index (χ1n) is 15.8. The molecule has 48 heavy (non-hydrogen) atoms. The quantitative estimate of drug-likeness (QED) is 0.254. The van der Waals surface area contributed by atoms with Gasteiger partial charge in [0, 0.05) is 69.8 Å². The maximum atomic E-state index is 13.5. The van der Waals surface area contributed by atoms with Crippen molar-refractivity contribution in [3.63, 3.8) is 0 Å². The zero-order chi connectivity index (χ0) is 34.3. The standard InChI is InChI=1S/C35H38ClN7O5/c1-20-23(24-8-6-10-27(30(24)36)39-33(45)31-37-28-19-40(2)13-12-29(28)42(31)4)7-5-9-26(20)38-32(44)25-15-21(16-41(3)34(25)46)17-43-14-11-22(18-43)35(47)48/h5-10,15-16,22H,11-14,17-19H2,1-4H3,(H,38,44)(H,39,45)(H,47,48)/t22-/m1/s1. The topological polar surface area (TPSA) is 142 Å². The van der Waals surface area contributed by atoms with Crippen LogP contribution in [0.2, 0.25) is 5.02 Å². The molecule has 0 radical (unpaired) electrons. The number of likely N-dealkylation sites (tertiary alicyclic amines) is 1. The summed E-state index contributed by atoms with van der Waals surface area (Å²) in [7, 11) is 5.47. The zero-order valence-electron chi connectivity index (χ0n) is 27.3. The Morgan fingerprint density at radius 1 is 1.00 bits per heavy atom. The van der Waals surface area contributed by atoms with Crippen LogP contribution in [-0.2, 0) is 38.4 Å². The largest absolute Gasteiger partial charge is 0.481 e. The molecule has 1 atom stereocenters. The molecule has 6 rings (SSSR count). The minimum absolute atomic E-state index is 0.0147. The van der Waals surface area contributed by atoms with Gasteiger partial charge in [0.05, 0.1) is 22.3 Å². The van der Waals surface area contributed by atoms with E-state index in [4.69, 9.17) is 11.6 Å². The number of carbonyl (C=O) groups is 3. The molecular formula is C35H38ClN7O5. The molecule has 0 spiro atoms. The van der Waals surface area contributed by atoms with Crippen LogP contribution in [0, 0.1) is 12.8 Å². The molecule has 12 nitrogen and oxygen atoms in total. The van der Waals surface area contributed by atoms with E-state index < -0.39 is 23.4 Å². The normalized spacial score (nSPS) is 16.5. The number of fused-ring (bicyclic) bond motifs is 1. The van der Waals surface area contributed by atoms with E-state index in [-0.39, 0.29) is 11.5 Å². The number of nitrogens with one attached hydrogen (secondary N) is 2. The second kappa shape index (κ2) is 13.4. The highest BCUT2D eigenvalue weighted by Gasteiger charge is 2.29. The molecule has 2 amide bonds. The number of amides is 2. The fourth-order valence-electron chi connectivity index (χ4n) is 6.60. The third kappa shape index (κ3) is 6.51. The van der Waals surface area contributed by atoms with Crippen LogP contribution in [0.4, 0.5) is 11.4 Å². The van der Waals surface area contributed by atoms with Crippen LogP contribution in [0.1, 0.15) is 49.9 Å². The van der Waals surface area contributed by atoms with Gasteiger partial charge in [0.2, 0.25) is 0 Å². The van der Waals surface area contributed by atoms with Gasteiger partial charge in [-0.05, 0) is 61.8 Å². The number of nitrogens with zero attached hydrogens (tertiary/aromatic N) is 5. The van der Waals surface area contributed by atoms with Gasteiger partial charge in [0.15, 0.2) is 5.82 Å². The molecule has 0 saturated carbocycles. The Labute approximate surface area is 282 Å². The fourth-order valence-corrected chi connectivity index (χ4v) is 6.87. The van der Waals surface area contributed by atoms with Gasteiger partial charge in [-0.15, -0.1) is 0 Å². The van der Waals surface area contributed by atoms with Crippen molar-refractivity contribution in [2.75, 3.05) is 37.3 Å². The van der Waals surface area contributed by atoms with E-state index in [2.05, 4.69) is 20.5 Å². The Balaban J connectivity index is 1.22. The summed E-state index contributed by atoms with van der Waals surface area (Å²) in [5, 5.41) is 15.5. The Morgan fingerprint density at radius 2 is 1.71 bits per heavy atom. The van der Waals surface area contributed by atoms with Crippen LogP contribution in [0.5, 0.6) is 0 Å². The molecule has 2 aliphatic rings. The van der Waals surface area contributed by atoms with Crippen molar-refractivity contribution < 1.29 is 19.5 Å². The Kier molecular flexibility index (Phi) is 9.24. The van der Waals surface area contributed by atoms with Crippen molar-refractivity contribution in [1.29, 1.82) is 0 Å². The number of rotatable bonds is 8. The van der Waals surface area contributed by atoms with Crippen molar-refractivity contribution in [3.8, 4) is 11.1 Å². The number of aromatic nitrogens is 3. The van der Waals surface area contributed by atoms with Gasteiger partial charge in [0.25, 0.3) is 17.4 Å². The van der Waals surface area contributed by atoms with Crippen LogP contribution in [0.15, 0.2) is 53.5 Å². The number of anilines is 2. The summed E-state index contributed by atoms with van der Waals surface area (Å²) in [5.74, 6) is -1.84. The number of carboxylic acids is 1. The summed E-state index contributed by atoms with van der Waals surface area (Å²) in [6.45, 7) is 4.91. The van der Waals surface area contributed by atoms with Crippen LogP contribution < -0.4 is 16.2 Å². The van der Waals surface area contributed by atoms with Gasteiger partial charge >= 0.3 is 5.97 Å². The lowest BCUT2D eigenvalue weighted by atomic mass is 9.98. The van der Waals surface area contributed by atoms with Crippen molar-refractivity contribution in [2.45, 2.75) is 32.9 Å². The molecule has 4 heterocycles. The predicted molar refractivity (Wildman–Crippen MR) is 183 cm³/mol. The molecule has 2 aliphatic heterocycles. The first kappa shape index (κ1) is 33.1. The number of benzene rings is 2. The molecule has 0 aliphatic carbocycles. The predicted octanol–water partition coefficient (Wildman–Crippen LogP) is 4.15. The first-order chi connectivity index (χ1) is 22.9. The van der Waals surface area contributed by atoms with E-state index in [1.54, 1.807) is 43.6 Å². The van der Waals surface area contributed by atoms with E-state index in [0.717, 1.165) is 41.0 Å². The maximum absolute atomic E-state index is 13.5. The summed E-state index contributed by atoms with van der Waals surface area (Å²) < 4.78 is 3.21. The average molecular weight is 672 g/mol. The Morgan fingerprint density at radius 3 is 2.44 bits per heavy atom. The first-order valence-corrected chi connectivity index (χ1v) is 16.2. The molecule has 2 aromatic heterocycles. The van der Waals surface area contributed by atoms with E-state index in [1.165, 1.54) is 4.57 Å². The second-order valence-corrected chi connectivity index (χ2v) is 13.0. The van der Waals surface area contributed by atoms with Crippen LogP contribution in [0.3, 0.4) is 0 Å². The summed E-state index contributed by atoms with van der Waals surface area (Å²) in [6.07, 6.45) is 3.05. The highest BCUT2D eigenvalue weighted by Crippen LogP contribution is 2.37. The summed E-state index contributed by atoms with van der Waals surface area (Å²) >= 11 is 6.90. The number of hydrogen-bond donors (Lipinski definition) is 3. The SMILES string of the molecule is Cc1c(NC(=O)c2cc(CN3CC[C@@H](C(=O)O)C3)cn(C)c2=O)cccc1-c1cccc(NC(=O)c2nc3c(n2C)CCN(C)C3)c1Cl. The van der Waals surface area contributed by atoms with Crippen molar-refractivity contribution in [2.24, 2.45) is 20.0 Å². The molecule has 3 N–H and O–H groups in total. The number of likely N-dealkylation sites (N-methyl/N-ethyl adjacent to an activating group) is 1. The highest BCUT2D eigenvalue weighted by atomic mass is 35.5. The van der Waals surface area contributed by atoms with Crippen molar-refractivity contribution in [1.82, 2.24) is 23.9 Å². The van der Waals surface area contributed by atoms with Crippen molar-refractivity contribution in [3.05, 3.63) is 97.9 Å². The Bertz CT molecular complexity index is 2000. The van der Waals surface area contributed by atoms with Gasteiger partial charge in [-0.2, -0.15) is 0 Å². The smallest absolute Gasteiger partial charge is 0.307 e. The van der Waals surface area contributed by atoms with E-state index >= 15 is 0 Å². The summed E-state index contributed by atoms with van der Waals surface area (Å²) in [5.41, 5.74) is 5.29. The zero-order valence-corrected chi connectivity index (χ0v) is 28.1. The lowest BCUT2D eigenvalue weighted by Crippen LogP contribution is -2.29. The summed E-state index contributed by atoms with van der Waals surface area (Å²) in [4.78, 5) is 60.1. The van der Waals surface area contributed by atoms with Gasteiger partial charge in [0.1, 0.15) is 5.56 Å².